The summed E-state index contributed by atoms with van der Waals surface area (Å²) < 4.78 is 15.3. The third kappa shape index (κ3) is 4.35. The predicted octanol–water partition coefficient (Wildman–Crippen LogP) is 3.36. The number of ether oxygens (including phenoxy) is 3. The van der Waals surface area contributed by atoms with Crippen molar-refractivity contribution in [2.45, 2.75) is 26.4 Å². The highest BCUT2D eigenvalue weighted by Gasteiger charge is 2.24. The zero-order valence-corrected chi connectivity index (χ0v) is 14.7. The largest absolute Gasteiger partial charge is 0.472 e. The zero-order valence-electron chi connectivity index (χ0n) is 14.7. The number of benzene rings is 1. The topological polar surface area (TPSA) is 74.7 Å². The van der Waals surface area contributed by atoms with Crippen molar-refractivity contribution in [3.8, 4) is 5.88 Å². The summed E-state index contributed by atoms with van der Waals surface area (Å²) in [4.78, 5) is 28.5. The predicted molar refractivity (Wildman–Crippen MR) is 91.8 cm³/mol. The molecule has 132 valence electrons. The van der Waals surface area contributed by atoms with E-state index in [1.165, 1.54) is 20.3 Å². The summed E-state index contributed by atoms with van der Waals surface area (Å²) in [6.07, 6.45) is 0. The molecular formula is C19H21NO5. The van der Waals surface area contributed by atoms with E-state index in [4.69, 9.17) is 14.2 Å². The van der Waals surface area contributed by atoms with Gasteiger partial charge in [-0.05, 0) is 17.5 Å². The molecule has 6 nitrogen and oxygen atoms in total. The number of methoxy groups -OCH3 is 2. The van der Waals surface area contributed by atoms with Crippen molar-refractivity contribution in [2.24, 2.45) is 0 Å². The number of aromatic nitrogens is 1. The fourth-order valence-electron chi connectivity index (χ4n) is 2.32. The summed E-state index contributed by atoms with van der Waals surface area (Å²) in [5.74, 6) is -1.11. The number of hydrogen-bond acceptors (Lipinski definition) is 6. The summed E-state index contributed by atoms with van der Waals surface area (Å²) in [6, 6.07) is 10.9. The van der Waals surface area contributed by atoms with Crippen LogP contribution in [0.5, 0.6) is 5.88 Å². The highest BCUT2D eigenvalue weighted by molar-refractivity contribution is 5.97. The molecule has 1 aromatic heterocycles. The maximum atomic E-state index is 12.1. The summed E-state index contributed by atoms with van der Waals surface area (Å²) >= 11 is 0. The van der Waals surface area contributed by atoms with Crippen LogP contribution in [0.3, 0.4) is 0 Å². The van der Waals surface area contributed by atoms with Crippen LogP contribution in [0.25, 0.3) is 0 Å². The van der Waals surface area contributed by atoms with Gasteiger partial charge in [0.05, 0.1) is 25.5 Å². The van der Waals surface area contributed by atoms with Crippen LogP contribution in [-0.4, -0.2) is 31.1 Å². The number of rotatable bonds is 6. The van der Waals surface area contributed by atoms with Crippen molar-refractivity contribution in [3.63, 3.8) is 0 Å². The van der Waals surface area contributed by atoms with Gasteiger partial charge in [-0.15, -0.1) is 0 Å². The highest BCUT2D eigenvalue weighted by atomic mass is 16.5. The lowest BCUT2D eigenvalue weighted by molar-refractivity contribution is 0.0592. The average molecular weight is 343 g/mol. The second-order valence-corrected chi connectivity index (χ2v) is 5.69. The van der Waals surface area contributed by atoms with E-state index in [9.17, 15) is 9.59 Å². The number of esters is 2. The van der Waals surface area contributed by atoms with Crippen molar-refractivity contribution in [3.05, 3.63) is 58.8 Å². The van der Waals surface area contributed by atoms with E-state index in [1.807, 2.05) is 44.2 Å². The molecule has 0 radical (unpaired) electrons. The van der Waals surface area contributed by atoms with Gasteiger partial charge in [-0.25, -0.2) is 14.6 Å². The first-order chi connectivity index (χ1) is 12.0. The molecular weight excluding hydrogens is 322 g/mol. The second-order valence-electron chi connectivity index (χ2n) is 5.69. The lowest BCUT2D eigenvalue weighted by Gasteiger charge is -2.16. The molecule has 0 fully saturated rings. The Labute approximate surface area is 146 Å². The molecule has 0 spiro atoms. The summed E-state index contributed by atoms with van der Waals surface area (Å²) in [7, 11) is 2.54. The van der Waals surface area contributed by atoms with Crippen molar-refractivity contribution < 1.29 is 23.8 Å². The molecule has 0 aliphatic rings. The fraction of sp³-hybridized carbons (Fsp3) is 0.316. The summed E-state index contributed by atoms with van der Waals surface area (Å²) in [6.45, 7) is 4.04. The Morgan fingerprint density at radius 1 is 1.00 bits per heavy atom. The van der Waals surface area contributed by atoms with Gasteiger partial charge in [-0.1, -0.05) is 44.2 Å². The number of nitrogens with zero attached hydrogens (tertiary/aromatic N) is 1. The Kier molecular flexibility index (Phi) is 6.11. The van der Waals surface area contributed by atoms with Gasteiger partial charge < -0.3 is 14.2 Å². The number of carbonyl (C=O) groups excluding carboxylic acids is 2. The third-order valence-corrected chi connectivity index (χ3v) is 3.59. The molecule has 2 rings (SSSR count). The van der Waals surface area contributed by atoms with E-state index in [1.54, 1.807) is 0 Å². The molecule has 0 bridgehead atoms. The summed E-state index contributed by atoms with van der Waals surface area (Å²) in [5, 5.41) is 0. The first kappa shape index (κ1) is 18.4. The Bertz CT molecular complexity index is 756. The van der Waals surface area contributed by atoms with Gasteiger partial charge in [-0.2, -0.15) is 0 Å². The Hall–Kier alpha value is -2.89. The lowest BCUT2D eigenvalue weighted by atomic mass is 10.0. The molecule has 0 aliphatic carbocycles. The molecule has 0 aliphatic heterocycles. The van der Waals surface area contributed by atoms with Crippen LogP contribution in [0.15, 0.2) is 36.4 Å². The normalized spacial score (nSPS) is 10.4. The molecule has 0 saturated carbocycles. The standard InChI is InChI=1S/C19H21NO5/c1-12(2)16-14(18(21)23-3)10-15(19(22)24-4)17(20-16)25-11-13-8-6-5-7-9-13/h5-10,12H,11H2,1-4H3. The molecule has 0 N–H and O–H groups in total. The smallest absolute Gasteiger partial charge is 0.343 e. The van der Waals surface area contributed by atoms with Gasteiger partial charge in [0.2, 0.25) is 5.88 Å². The molecule has 25 heavy (non-hydrogen) atoms. The van der Waals surface area contributed by atoms with Crippen LogP contribution in [0.4, 0.5) is 0 Å². The van der Waals surface area contributed by atoms with E-state index >= 15 is 0 Å². The minimum Gasteiger partial charge on any atom is -0.472 e. The SMILES string of the molecule is COC(=O)c1cc(C(=O)OC)c(C(C)C)nc1OCc1ccccc1. The van der Waals surface area contributed by atoms with Crippen LogP contribution in [0.1, 0.15) is 51.7 Å². The van der Waals surface area contributed by atoms with Crippen molar-refractivity contribution in [1.82, 2.24) is 4.98 Å². The Morgan fingerprint density at radius 2 is 1.60 bits per heavy atom. The third-order valence-electron chi connectivity index (χ3n) is 3.59. The molecule has 0 unspecified atom stereocenters. The van der Waals surface area contributed by atoms with Crippen molar-refractivity contribution >= 4 is 11.9 Å². The molecule has 0 atom stereocenters. The number of pyridine rings is 1. The first-order valence-electron chi connectivity index (χ1n) is 7.86. The molecule has 1 aromatic carbocycles. The van der Waals surface area contributed by atoms with E-state index < -0.39 is 11.9 Å². The maximum Gasteiger partial charge on any atom is 0.343 e. The first-order valence-corrected chi connectivity index (χ1v) is 7.86. The van der Waals surface area contributed by atoms with Crippen LogP contribution < -0.4 is 4.74 Å². The Balaban J connectivity index is 2.46. The van der Waals surface area contributed by atoms with Crippen LogP contribution in [0, 0.1) is 0 Å². The van der Waals surface area contributed by atoms with Crippen molar-refractivity contribution in [1.29, 1.82) is 0 Å². The van der Waals surface area contributed by atoms with E-state index in [0.717, 1.165) is 5.56 Å². The second kappa shape index (κ2) is 8.28. The van der Waals surface area contributed by atoms with E-state index in [-0.39, 0.29) is 29.5 Å². The monoisotopic (exact) mass is 343 g/mol. The van der Waals surface area contributed by atoms with Crippen LogP contribution in [-0.2, 0) is 16.1 Å². The molecule has 2 aromatic rings. The van der Waals surface area contributed by atoms with E-state index in [0.29, 0.717) is 5.69 Å². The minimum atomic E-state index is -0.629. The summed E-state index contributed by atoms with van der Waals surface area (Å²) in [5.41, 5.74) is 1.75. The van der Waals surface area contributed by atoms with Gasteiger partial charge >= 0.3 is 11.9 Å². The molecule has 6 heteroatoms. The highest BCUT2D eigenvalue weighted by Crippen LogP contribution is 2.27. The molecule has 1 heterocycles. The van der Waals surface area contributed by atoms with Gasteiger partial charge in [0, 0.05) is 0 Å². The zero-order chi connectivity index (χ0) is 18.4. The van der Waals surface area contributed by atoms with E-state index in [2.05, 4.69) is 4.98 Å². The lowest BCUT2D eigenvalue weighted by Crippen LogP contribution is -2.15. The number of carbonyl (C=O) groups is 2. The average Bonchev–Trinajstić information content (AvgIpc) is 2.65. The van der Waals surface area contributed by atoms with Gasteiger partial charge in [0.15, 0.2) is 0 Å². The fourth-order valence-corrected chi connectivity index (χ4v) is 2.32. The van der Waals surface area contributed by atoms with Crippen LogP contribution >= 0.6 is 0 Å². The quantitative estimate of drug-likeness (QED) is 0.749. The van der Waals surface area contributed by atoms with Crippen LogP contribution in [0.2, 0.25) is 0 Å². The minimum absolute atomic E-state index is 0.0557. The van der Waals surface area contributed by atoms with Crippen molar-refractivity contribution in [2.75, 3.05) is 14.2 Å². The van der Waals surface area contributed by atoms with Gasteiger partial charge in [0.25, 0.3) is 0 Å². The van der Waals surface area contributed by atoms with Gasteiger partial charge in [0.1, 0.15) is 12.2 Å². The molecule has 0 amide bonds. The Morgan fingerprint density at radius 3 is 2.16 bits per heavy atom. The van der Waals surface area contributed by atoms with Gasteiger partial charge in [-0.3, -0.25) is 0 Å². The number of hydrogen-bond donors (Lipinski definition) is 0. The molecule has 0 saturated heterocycles. The maximum absolute atomic E-state index is 12.1.